The molecule has 0 amide bonds. The van der Waals surface area contributed by atoms with Crippen LogP contribution in [0.15, 0.2) is 41.2 Å². The van der Waals surface area contributed by atoms with Crippen molar-refractivity contribution in [1.29, 1.82) is 5.26 Å². The maximum absolute atomic E-state index is 12.0. The Morgan fingerprint density at radius 2 is 1.90 bits per heavy atom. The average Bonchev–Trinajstić information content (AvgIpc) is 2.47. The molecule has 0 bridgehead atoms. The van der Waals surface area contributed by atoms with E-state index in [1.54, 1.807) is 44.2 Å². The Kier molecular flexibility index (Phi) is 4.19. The van der Waals surface area contributed by atoms with Gasteiger partial charge in [0.2, 0.25) is 0 Å². The number of aromatic amines is 1. The number of nitriles is 1. The molecule has 1 N–H and O–H groups in total. The predicted octanol–water partition coefficient (Wildman–Crippen LogP) is 2.47. The Morgan fingerprint density at radius 3 is 2.48 bits per heavy atom. The third kappa shape index (κ3) is 3.37. The summed E-state index contributed by atoms with van der Waals surface area (Å²) < 4.78 is 5.27. The van der Waals surface area contributed by atoms with Crippen LogP contribution >= 0.6 is 0 Å². The molecule has 1 aromatic carbocycles. The quantitative estimate of drug-likeness (QED) is 0.877. The van der Waals surface area contributed by atoms with Gasteiger partial charge >= 0.3 is 5.97 Å². The first-order chi connectivity index (χ1) is 10.0. The van der Waals surface area contributed by atoms with Gasteiger partial charge in [-0.05, 0) is 43.7 Å². The second-order valence-electron chi connectivity index (χ2n) is 4.67. The number of carbonyl (C=O) groups is 1. The third-order valence-electron chi connectivity index (χ3n) is 3.07. The minimum Gasteiger partial charge on any atom is -0.454 e. The lowest BCUT2D eigenvalue weighted by Gasteiger charge is -2.13. The molecule has 21 heavy (non-hydrogen) atoms. The Morgan fingerprint density at radius 1 is 1.24 bits per heavy atom. The number of aromatic nitrogens is 1. The lowest BCUT2D eigenvalue weighted by molar-refractivity contribution is 0.0335. The number of H-pyrrole nitrogens is 1. The van der Waals surface area contributed by atoms with E-state index in [9.17, 15) is 9.59 Å². The number of aryl methyl sites for hydroxylation is 1. The molecule has 2 aromatic rings. The monoisotopic (exact) mass is 282 g/mol. The number of rotatable bonds is 3. The molecule has 0 saturated carbocycles. The van der Waals surface area contributed by atoms with Crippen LogP contribution in [-0.2, 0) is 4.74 Å². The van der Waals surface area contributed by atoms with Gasteiger partial charge in [-0.25, -0.2) is 4.79 Å². The first-order valence-corrected chi connectivity index (χ1v) is 6.42. The van der Waals surface area contributed by atoms with Crippen molar-refractivity contribution >= 4 is 5.97 Å². The first-order valence-electron chi connectivity index (χ1n) is 6.42. The normalized spacial score (nSPS) is 11.5. The summed E-state index contributed by atoms with van der Waals surface area (Å²) >= 11 is 0. The van der Waals surface area contributed by atoms with Crippen molar-refractivity contribution in [3.8, 4) is 6.07 Å². The summed E-state index contributed by atoms with van der Waals surface area (Å²) in [4.78, 5) is 26.2. The highest BCUT2D eigenvalue weighted by atomic mass is 16.5. The van der Waals surface area contributed by atoms with Crippen molar-refractivity contribution in [2.24, 2.45) is 0 Å². The van der Waals surface area contributed by atoms with Crippen LogP contribution < -0.4 is 5.56 Å². The molecular formula is C16H14N2O3. The molecule has 0 unspecified atom stereocenters. The summed E-state index contributed by atoms with van der Waals surface area (Å²) in [6.07, 6.45) is -0.508. The molecule has 1 atom stereocenters. The molecule has 2 rings (SSSR count). The number of hydrogen-bond acceptors (Lipinski definition) is 4. The number of nitrogens with zero attached hydrogens (tertiary/aromatic N) is 1. The number of benzene rings is 1. The second kappa shape index (κ2) is 6.06. The Balaban J connectivity index is 2.14. The van der Waals surface area contributed by atoms with Gasteiger partial charge in [-0.2, -0.15) is 5.26 Å². The lowest BCUT2D eigenvalue weighted by atomic mass is 10.1. The Labute approximate surface area is 121 Å². The van der Waals surface area contributed by atoms with Crippen molar-refractivity contribution in [3.05, 3.63) is 69.1 Å². The highest BCUT2D eigenvalue weighted by Crippen LogP contribution is 2.18. The van der Waals surface area contributed by atoms with E-state index in [1.807, 2.05) is 6.07 Å². The van der Waals surface area contributed by atoms with Crippen LogP contribution in [0.2, 0.25) is 0 Å². The standard InChI is InChI=1S/C16H14N2O3/c1-10-3-8-14(15(19)18-10)16(20)21-11(2)13-6-4-12(9-17)5-7-13/h3-8,11H,1-2H3,(H,18,19)/t11-/m0/s1. The molecule has 1 aromatic heterocycles. The van der Waals surface area contributed by atoms with Gasteiger partial charge in [-0.15, -0.1) is 0 Å². The van der Waals surface area contributed by atoms with Gasteiger partial charge in [-0.1, -0.05) is 12.1 Å². The van der Waals surface area contributed by atoms with E-state index in [1.165, 1.54) is 6.07 Å². The molecule has 1 heterocycles. The lowest BCUT2D eigenvalue weighted by Crippen LogP contribution is -2.21. The maximum Gasteiger partial charge on any atom is 0.344 e. The number of nitrogens with one attached hydrogen (secondary N) is 1. The highest BCUT2D eigenvalue weighted by molar-refractivity contribution is 5.89. The topological polar surface area (TPSA) is 82.9 Å². The zero-order valence-corrected chi connectivity index (χ0v) is 11.7. The highest BCUT2D eigenvalue weighted by Gasteiger charge is 2.16. The van der Waals surface area contributed by atoms with Crippen LogP contribution in [0.1, 0.15) is 40.2 Å². The van der Waals surface area contributed by atoms with E-state index in [4.69, 9.17) is 10.00 Å². The molecule has 5 nitrogen and oxygen atoms in total. The van der Waals surface area contributed by atoms with Crippen LogP contribution in [0.5, 0.6) is 0 Å². The van der Waals surface area contributed by atoms with Crippen molar-refractivity contribution < 1.29 is 9.53 Å². The predicted molar refractivity (Wildman–Crippen MR) is 76.8 cm³/mol. The van der Waals surface area contributed by atoms with E-state index >= 15 is 0 Å². The number of carbonyl (C=O) groups excluding carboxylic acids is 1. The first kappa shape index (κ1) is 14.5. The van der Waals surface area contributed by atoms with Gasteiger partial charge in [0.05, 0.1) is 11.6 Å². The molecular weight excluding hydrogens is 268 g/mol. The number of pyridine rings is 1. The maximum atomic E-state index is 12.0. The van der Waals surface area contributed by atoms with E-state index in [0.717, 1.165) is 5.56 Å². The van der Waals surface area contributed by atoms with E-state index in [2.05, 4.69) is 4.98 Å². The minimum absolute atomic E-state index is 0.0268. The fourth-order valence-electron chi connectivity index (χ4n) is 1.85. The van der Waals surface area contributed by atoms with E-state index < -0.39 is 17.6 Å². The van der Waals surface area contributed by atoms with Crippen molar-refractivity contribution in [2.45, 2.75) is 20.0 Å². The molecule has 0 aliphatic heterocycles. The summed E-state index contributed by atoms with van der Waals surface area (Å²) in [6.45, 7) is 3.44. The van der Waals surface area contributed by atoms with Crippen LogP contribution in [0.3, 0.4) is 0 Å². The molecule has 5 heteroatoms. The van der Waals surface area contributed by atoms with Gasteiger partial charge < -0.3 is 9.72 Å². The molecule has 0 radical (unpaired) electrons. The SMILES string of the molecule is Cc1ccc(C(=O)O[C@@H](C)c2ccc(C#N)cc2)c(=O)[nH]1. The largest absolute Gasteiger partial charge is 0.454 e. The van der Waals surface area contributed by atoms with Crippen LogP contribution in [0, 0.1) is 18.3 Å². The van der Waals surface area contributed by atoms with Crippen molar-refractivity contribution in [3.63, 3.8) is 0 Å². The Bertz CT molecular complexity index is 754. The van der Waals surface area contributed by atoms with E-state index in [0.29, 0.717) is 11.3 Å². The fourth-order valence-corrected chi connectivity index (χ4v) is 1.85. The van der Waals surface area contributed by atoms with Crippen molar-refractivity contribution in [2.75, 3.05) is 0 Å². The summed E-state index contributed by atoms with van der Waals surface area (Å²) in [7, 11) is 0. The molecule has 0 saturated heterocycles. The molecule has 0 aliphatic carbocycles. The smallest absolute Gasteiger partial charge is 0.344 e. The zero-order chi connectivity index (χ0) is 15.4. The molecule has 0 fully saturated rings. The third-order valence-corrected chi connectivity index (χ3v) is 3.07. The molecule has 0 spiro atoms. The zero-order valence-electron chi connectivity index (χ0n) is 11.7. The Hall–Kier alpha value is -2.87. The second-order valence-corrected chi connectivity index (χ2v) is 4.67. The van der Waals surface area contributed by atoms with Gasteiger partial charge in [0.25, 0.3) is 5.56 Å². The van der Waals surface area contributed by atoms with Gasteiger partial charge in [0, 0.05) is 5.69 Å². The van der Waals surface area contributed by atoms with Crippen LogP contribution in [0.4, 0.5) is 0 Å². The number of esters is 1. The molecule has 106 valence electrons. The fraction of sp³-hybridized carbons (Fsp3) is 0.188. The summed E-state index contributed by atoms with van der Waals surface area (Å²) in [6, 6.07) is 11.8. The average molecular weight is 282 g/mol. The van der Waals surface area contributed by atoms with Crippen LogP contribution in [0.25, 0.3) is 0 Å². The number of hydrogen-bond donors (Lipinski definition) is 1. The van der Waals surface area contributed by atoms with Crippen LogP contribution in [-0.4, -0.2) is 11.0 Å². The van der Waals surface area contributed by atoms with E-state index in [-0.39, 0.29) is 5.56 Å². The summed E-state index contributed by atoms with van der Waals surface area (Å²) in [5, 5.41) is 8.74. The van der Waals surface area contributed by atoms with Gasteiger partial charge in [-0.3, -0.25) is 4.79 Å². The summed E-state index contributed by atoms with van der Waals surface area (Å²) in [5.41, 5.74) is 1.47. The van der Waals surface area contributed by atoms with Gasteiger partial charge in [0.15, 0.2) is 0 Å². The molecule has 0 aliphatic rings. The number of ether oxygens (including phenoxy) is 1. The van der Waals surface area contributed by atoms with Crippen molar-refractivity contribution in [1.82, 2.24) is 4.98 Å². The van der Waals surface area contributed by atoms with Gasteiger partial charge in [0.1, 0.15) is 11.7 Å². The minimum atomic E-state index is -0.673. The summed E-state index contributed by atoms with van der Waals surface area (Å²) in [5.74, 6) is -0.673.